The van der Waals surface area contributed by atoms with Crippen LogP contribution in [0, 0.1) is 12.7 Å². The monoisotopic (exact) mass is 344 g/mol. The smallest absolute Gasteiger partial charge is 0.135 e. The Bertz CT molecular complexity index is 1120. The molecule has 1 atom stereocenters. The zero-order valence-corrected chi connectivity index (χ0v) is 14.8. The third-order valence-electron chi connectivity index (χ3n) is 5.65. The van der Waals surface area contributed by atoms with Crippen LogP contribution in [0.3, 0.4) is 0 Å². The highest BCUT2D eigenvalue weighted by Gasteiger charge is 2.26. The molecule has 2 nitrogen and oxygen atoms in total. The molecule has 1 unspecified atom stereocenters. The lowest BCUT2D eigenvalue weighted by atomic mass is 9.92. The van der Waals surface area contributed by atoms with Gasteiger partial charge in [0, 0.05) is 16.6 Å². The Morgan fingerprint density at radius 3 is 2.81 bits per heavy atom. The standard InChI is InChI=1S/C23H21FN2/c1-14-9-10-19-21(22(14)24)18-11-12-25-20(23(18)26-19)13-16-7-4-6-15-5-2-3-8-17(15)16/h2-10,20,25-26H,11-13H2,1H3. The van der Waals surface area contributed by atoms with Gasteiger partial charge in [-0.15, -0.1) is 0 Å². The van der Waals surface area contributed by atoms with E-state index in [-0.39, 0.29) is 11.9 Å². The van der Waals surface area contributed by atoms with Crippen LogP contribution in [0.25, 0.3) is 21.7 Å². The van der Waals surface area contributed by atoms with Gasteiger partial charge in [0.1, 0.15) is 5.82 Å². The van der Waals surface area contributed by atoms with E-state index in [1.54, 1.807) is 0 Å². The molecular formula is C23H21FN2. The number of halogens is 1. The molecule has 0 amide bonds. The maximum Gasteiger partial charge on any atom is 0.135 e. The van der Waals surface area contributed by atoms with Crippen molar-refractivity contribution < 1.29 is 4.39 Å². The van der Waals surface area contributed by atoms with Crippen molar-refractivity contribution in [2.24, 2.45) is 0 Å². The normalized spacial score (nSPS) is 16.9. The average Bonchev–Trinajstić information content (AvgIpc) is 3.05. The van der Waals surface area contributed by atoms with Crippen molar-refractivity contribution in [2.45, 2.75) is 25.8 Å². The number of aromatic nitrogens is 1. The summed E-state index contributed by atoms with van der Waals surface area (Å²) in [5.74, 6) is -0.0780. The molecule has 0 radical (unpaired) electrons. The summed E-state index contributed by atoms with van der Waals surface area (Å²) in [7, 11) is 0. The van der Waals surface area contributed by atoms with E-state index in [0.717, 1.165) is 41.5 Å². The molecule has 3 heteroatoms. The Morgan fingerprint density at radius 1 is 1.04 bits per heavy atom. The summed E-state index contributed by atoms with van der Waals surface area (Å²) >= 11 is 0. The lowest BCUT2D eigenvalue weighted by Crippen LogP contribution is -2.31. The number of rotatable bonds is 2. The van der Waals surface area contributed by atoms with Gasteiger partial charge in [-0.25, -0.2) is 4.39 Å². The molecule has 2 heterocycles. The summed E-state index contributed by atoms with van der Waals surface area (Å²) < 4.78 is 14.7. The predicted molar refractivity (Wildman–Crippen MR) is 105 cm³/mol. The largest absolute Gasteiger partial charge is 0.357 e. The molecule has 2 N–H and O–H groups in total. The lowest BCUT2D eigenvalue weighted by molar-refractivity contribution is 0.495. The molecule has 26 heavy (non-hydrogen) atoms. The highest BCUT2D eigenvalue weighted by molar-refractivity contribution is 5.87. The van der Waals surface area contributed by atoms with E-state index >= 15 is 0 Å². The van der Waals surface area contributed by atoms with Crippen LogP contribution in [0.2, 0.25) is 0 Å². The van der Waals surface area contributed by atoms with Gasteiger partial charge in [0.05, 0.1) is 6.04 Å². The second kappa shape index (κ2) is 5.96. The van der Waals surface area contributed by atoms with E-state index in [0.29, 0.717) is 5.56 Å². The SMILES string of the molecule is Cc1ccc2[nH]c3c(c2c1F)CCNC3Cc1cccc2ccccc12. The summed E-state index contributed by atoms with van der Waals surface area (Å²) in [6.45, 7) is 2.71. The summed E-state index contributed by atoms with van der Waals surface area (Å²) in [4.78, 5) is 3.50. The van der Waals surface area contributed by atoms with E-state index in [4.69, 9.17) is 0 Å². The van der Waals surface area contributed by atoms with Crippen molar-refractivity contribution in [3.63, 3.8) is 0 Å². The topological polar surface area (TPSA) is 27.8 Å². The molecule has 1 aliphatic heterocycles. The Labute approximate surface area is 152 Å². The number of hydrogen-bond acceptors (Lipinski definition) is 1. The summed E-state index contributed by atoms with van der Waals surface area (Å²) in [6, 6.07) is 19.0. The summed E-state index contributed by atoms with van der Waals surface area (Å²) in [5, 5.41) is 6.97. The Hall–Kier alpha value is -2.65. The number of benzene rings is 3. The maximum atomic E-state index is 14.7. The first-order valence-corrected chi connectivity index (χ1v) is 9.22. The van der Waals surface area contributed by atoms with Gasteiger partial charge in [-0.2, -0.15) is 0 Å². The first-order valence-electron chi connectivity index (χ1n) is 9.22. The van der Waals surface area contributed by atoms with E-state index in [1.165, 1.54) is 16.3 Å². The Morgan fingerprint density at radius 2 is 1.88 bits per heavy atom. The minimum absolute atomic E-state index is 0.0780. The van der Waals surface area contributed by atoms with Crippen LogP contribution < -0.4 is 5.32 Å². The average molecular weight is 344 g/mol. The maximum absolute atomic E-state index is 14.7. The van der Waals surface area contributed by atoms with Gasteiger partial charge in [-0.1, -0.05) is 48.5 Å². The van der Waals surface area contributed by atoms with Crippen molar-refractivity contribution in [3.8, 4) is 0 Å². The molecular weight excluding hydrogens is 323 g/mol. The van der Waals surface area contributed by atoms with Gasteiger partial charge < -0.3 is 10.3 Å². The number of fused-ring (bicyclic) bond motifs is 4. The first kappa shape index (κ1) is 15.6. The molecule has 5 rings (SSSR count). The number of aromatic amines is 1. The van der Waals surface area contributed by atoms with Gasteiger partial charge in [0.15, 0.2) is 0 Å². The van der Waals surface area contributed by atoms with Crippen LogP contribution in [0.4, 0.5) is 4.39 Å². The highest BCUT2D eigenvalue weighted by atomic mass is 19.1. The molecule has 4 aromatic rings. The lowest BCUT2D eigenvalue weighted by Gasteiger charge is -2.25. The minimum atomic E-state index is -0.0780. The fraction of sp³-hybridized carbons (Fsp3) is 0.217. The second-order valence-electron chi connectivity index (χ2n) is 7.24. The van der Waals surface area contributed by atoms with Gasteiger partial charge in [-0.05, 0) is 59.8 Å². The summed E-state index contributed by atoms with van der Waals surface area (Å²) in [5.41, 5.74) is 5.23. The van der Waals surface area contributed by atoms with Gasteiger partial charge in [-0.3, -0.25) is 0 Å². The molecule has 0 bridgehead atoms. The molecule has 0 aliphatic carbocycles. The highest BCUT2D eigenvalue weighted by Crippen LogP contribution is 2.35. The van der Waals surface area contributed by atoms with Gasteiger partial charge in [0.2, 0.25) is 0 Å². The van der Waals surface area contributed by atoms with Crippen molar-refractivity contribution >= 4 is 21.7 Å². The molecule has 3 aromatic carbocycles. The molecule has 0 saturated carbocycles. The van der Waals surface area contributed by atoms with E-state index in [1.807, 2.05) is 19.1 Å². The van der Waals surface area contributed by atoms with Crippen LogP contribution >= 0.6 is 0 Å². The fourth-order valence-corrected chi connectivity index (χ4v) is 4.33. The molecule has 1 aliphatic rings. The zero-order valence-electron chi connectivity index (χ0n) is 14.8. The Balaban J connectivity index is 1.61. The van der Waals surface area contributed by atoms with Gasteiger partial charge >= 0.3 is 0 Å². The van der Waals surface area contributed by atoms with Crippen molar-refractivity contribution in [3.05, 3.63) is 82.8 Å². The second-order valence-corrected chi connectivity index (χ2v) is 7.24. The van der Waals surface area contributed by atoms with Crippen molar-refractivity contribution in [1.29, 1.82) is 0 Å². The third kappa shape index (κ3) is 2.35. The van der Waals surface area contributed by atoms with E-state index in [9.17, 15) is 4.39 Å². The first-order chi connectivity index (χ1) is 12.7. The Kier molecular flexibility index (Phi) is 3.57. The van der Waals surface area contributed by atoms with Crippen molar-refractivity contribution in [1.82, 2.24) is 10.3 Å². The fourth-order valence-electron chi connectivity index (χ4n) is 4.33. The minimum Gasteiger partial charge on any atom is -0.357 e. The molecule has 0 fully saturated rings. The number of nitrogens with one attached hydrogen (secondary N) is 2. The van der Waals surface area contributed by atoms with Crippen molar-refractivity contribution in [2.75, 3.05) is 6.54 Å². The number of aryl methyl sites for hydroxylation is 1. The van der Waals surface area contributed by atoms with E-state index in [2.05, 4.69) is 52.8 Å². The van der Waals surface area contributed by atoms with E-state index < -0.39 is 0 Å². The molecule has 1 aromatic heterocycles. The molecule has 0 saturated heterocycles. The third-order valence-corrected chi connectivity index (χ3v) is 5.65. The number of hydrogen-bond donors (Lipinski definition) is 2. The zero-order chi connectivity index (χ0) is 17.7. The number of H-pyrrole nitrogens is 1. The molecule has 130 valence electrons. The van der Waals surface area contributed by atoms with Crippen LogP contribution in [0.5, 0.6) is 0 Å². The quantitative estimate of drug-likeness (QED) is 0.514. The predicted octanol–water partition coefficient (Wildman–Crippen LogP) is 5.20. The summed E-state index contributed by atoms with van der Waals surface area (Å²) in [6.07, 6.45) is 1.75. The van der Waals surface area contributed by atoms with Crippen LogP contribution in [-0.4, -0.2) is 11.5 Å². The van der Waals surface area contributed by atoms with Crippen LogP contribution in [0.1, 0.15) is 28.4 Å². The van der Waals surface area contributed by atoms with Crippen LogP contribution in [-0.2, 0) is 12.8 Å². The van der Waals surface area contributed by atoms with Gasteiger partial charge in [0.25, 0.3) is 0 Å². The molecule has 0 spiro atoms. The van der Waals surface area contributed by atoms with Crippen LogP contribution in [0.15, 0.2) is 54.6 Å².